The second-order valence-corrected chi connectivity index (χ2v) is 7.49. The fourth-order valence-electron chi connectivity index (χ4n) is 3.42. The van der Waals surface area contributed by atoms with Crippen LogP contribution in [0.2, 0.25) is 0 Å². The van der Waals surface area contributed by atoms with Gasteiger partial charge in [-0.05, 0) is 36.4 Å². The molecule has 0 aliphatic rings. The molecule has 3 aromatic carbocycles. The van der Waals surface area contributed by atoms with E-state index in [9.17, 15) is 9.18 Å². The maximum absolute atomic E-state index is 13.0. The van der Waals surface area contributed by atoms with E-state index in [1.807, 2.05) is 12.1 Å². The first-order valence-electron chi connectivity index (χ1n) is 10.8. The van der Waals surface area contributed by atoms with Gasteiger partial charge in [-0.15, -0.1) is 0 Å². The predicted octanol–water partition coefficient (Wildman–Crippen LogP) is 5.70. The van der Waals surface area contributed by atoms with Gasteiger partial charge in [0.1, 0.15) is 11.6 Å². The molecule has 0 fully saturated rings. The van der Waals surface area contributed by atoms with E-state index in [2.05, 4.69) is 25.9 Å². The Hall–Kier alpha value is -4.86. The van der Waals surface area contributed by atoms with Crippen LogP contribution in [0, 0.1) is 5.82 Å². The first kappa shape index (κ1) is 24.3. The number of rotatable bonds is 8. The zero-order valence-electron chi connectivity index (χ0n) is 19.8. The molecule has 1 aromatic heterocycles. The fourth-order valence-corrected chi connectivity index (χ4v) is 3.42. The molecule has 4 rings (SSSR count). The maximum atomic E-state index is 13.0. The Morgan fingerprint density at radius 1 is 0.778 bits per heavy atom. The molecule has 0 aliphatic carbocycles. The largest absolute Gasteiger partial charge is 0.493 e. The van der Waals surface area contributed by atoms with Crippen molar-refractivity contribution in [1.29, 1.82) is 0 Å². The number of halogens is 1. The fraction of sp³-hybridized carbons (Fsp3) is 0.115. The van der Waals surface area contributed by atoms with Crippen LogP contribution in [-0.2, 0) is 0 Å². The van der Waals surface area contributed by atoms with E-state index in [-0.39, 0.29) is 5.82 Å². The van der Waals surface area contributed by atoms with Crippen molar-refractivity contribution in [3.05, 3.63) is 78.9 Å². The minimum atomic E-state index is -0.439. The van der Waals surface area contributed by atoms with Crippen molar-refractivity contribution in [3.63, 3.8) is 0 Å². The highest BCUT2D eigenvalue weighted by Gasteiger charge is 2.14. The van der Waals surface area contributed by atoms with Gasteiger partial charge in [0.25, 0.3) is 0 Å². The lowest BCUT2D eigenvalue weighted by Gasteiger charge is -2.15. The molecule has 0 aliphatic heterocycles. The molecular formula is C26H24FN5O4. The van der Waals surface area contributed by atoms with Crippen molar-refractivity contribution in [2.45, 2.75) is 0 Å². The Morgan fingerprint density at radius 3 is 1.92 bits per heavy atom. The average Bonchev–Trinajstić information content (AvgIpc) is 2.90. The van der Waals surface area contributed by atoms with Gasteiger partial charge in [-0.25, -0.2) is 14.2 Å². The number of carbonyl (C=O) groups is 1. The molecule has 4 aromatic rings. The van der Waals surface area contributed by atoms with E-state index in [1.165, 1.54) is 24.3 Å². The summed E-state index contributed by atoms with van der Waals surface area (Å²) in [5.74, 6) is 1.65. The van der Waals surface area contributed by atoms with Crippen LogP contribution < -0.4 is 30.2 Å². The maximum Gasteiger partial charge on any atom is 0.323 e. The van der Waals surface area contributed by atoms with E-state index in [4.69, 9.17) is 14.2 Å². The molecular weight excluding hydrogens is 465 g/mol. The smallest absolute Gasteiger partial charge is 0.323 e. The molecule has 0 radical (unpaired) electrons. The van der Waals surface area contributed by atoms with Gasteiger partial charge >= 0.3 is 6.03 Å². The molecule has 2 amide bonds. The van der Waals surface area contributed by atoms with E-state index in [0.29, 0.717) is 45.8 Å². The highest BCUT2D eigenvalue weighted by atomic mass is 19.1. The third-order valence-corrected chi connectivity index (χ3v) is 5.11. The second kappa shape index (κ2) is 11.0. The van der Waals surface area contributed by atoms with Crippen LogP contribution in [0.1, 0.15) is 0 Å². The van der Waals surface area contributed by atoms with Gasteiger partial charge in [-0.3, -0.25) is 4.98 Å². The zero-order valence-corrected chi connectivity index (χ0v) is 19.8. The van der Waals surface area contributed by atoms with Gasteiger partial charge in [-0.1, -0.05) is 12.1 Å². The van der Waals surface area contributed by atoms with Crippen LogP contribution in [0.15, 0.2) is 73.1 Å². The zero-order chi connectivity index (χ0) is 25.5. The number of anilines is 4. The summed E-state index contributed by atoms with van der Waals surface area (Å²) < 4.78 is 29.2. The van der Waals surface area contributed by atoms with E-state index in [1.54, 1.807) is 58.0 Å². The number of hydrogen-bond acceptors (Lipinski definition) is 7. The van der Waals surface area contributed by atoms with E-state index < -0.39 is 6.03 Å². The van der Waals surface area contributed by atoms with Gasteiger partial charge in [-0.2, -0.15) is 0 Å². The summed E-state index contributed by atoms with van der Waals surface area (Å²) in [7, 11) is 4.64. The van der Waals surface area contributed by atoms with Gasteiger partial charge in [0, 0.05) is 34.8 Å². The van der Waals surface area contributed by atoms with Crippen molar-refractivity contribution in [1.82, 2.24) is 9.97 Å². The molecule has 0 atom stereocenters. The molecule has 9 nitrogen and oxygen atoms in total. The quantitative estimate of drug-likeness (QED) is 0.292. The lowest BCUT2D eigenvalue weighted by molar-refractivity contribution is 0.262. The van der Waals surface area contributed by atoms with Crippen molar-refractivity contribution < 1.29 is 23.4 Å². The summed E-state index contributed by atoms with van der Waals surface area (Å²) in [4.78, 5) is 21.1. The number of nitrogens with zero attached hydrogens (tertiary/aromatic N) is 2. The van der Waals surface area contributed by atoms with Crippen molar-refractivity contribution in [2.75, 3.05) is 37.3 Å². The minimum Gasteiger partial charge on any atom is -0.493 e. The van der Waals surface area contributed by atoms with Crippen LogP contribution >= 0.6 is 0 Å². The summed E-state index contributed by atoms with van der Waals surface area (Å²) in [5, 5.41) is 8.58. The number of amides is 2. The first-order valence-corrected chi connectivity index (χ1v) is 10.8. The van der Waals surface area contributed by atoms with Gasteiger partial charge in [0.15, 0.2) is 11.5 Å². The molecule has 0 unspecified atom stereocenters. The Morgan fingerprint density at radius 2 is 1.36 bits per heavy atom. The number of methoxy groups -OCH3 is 3. The summed E-state index contributed by atoms with van der Waals surface area (Å²) in [6.45, 7) is 0. The Labute approximate surface area is 207 Å². The standard InChI is InChI=1S/C26H24FN5O4/c1-34-22-12-20(13-23(35-2)25(22)36-3)29-24-15-28-14-21(32-24)16-4-8-18(9-5-16)30-26(33)31-19-10-6-17(27)7-11-19/h4-15H,1-3H3,(H,29,32)(H2,30,31,33). The molecule has 0 saturated carbocycles. The van der Waals surface area contributed by atoms with Crippen LogP contribution in [0.3, 0.4) is 0 Å². The first-order chi connectivity index (χ1) is 17.5. The summed E-state index contributed by atoms with van der Waals surface area (Å²) in [6, 6.07) is 15.8. The van der Waals surface area contributed by atoms with Gasteiger partial charge < -0.3 is 30.2 Å². The molecule has 0 saturated heterocycles. The van der Waals surface area contributed by atoms with Crippen LogP contribution in [-0.4, -0.2) is 37.3 Å². The number of hydrogen-bond donors (Lipinski definition) is 3. The van der Waals surface area contributed by atoms with Crippen LogP contribution in [0.25, 0.3) is 11.3 Å². The number of ether oxygens (including phenoxy) is 3. The topological polar surface area (TPSA) is 107 Å². The van der Waals surface area contributed by atoms with Crippen molar-refractivity contribution >= 4 is 28.9 Å². The lowest BCUT2D eigenvalue weighted by Crippen LogP contribution is -2.19. The third kappa shape index (κ3) is 5.79. The SMILES string of the molecule is COc1cc(Nc2cncc(-c3ccc(NC(=O)Nc4ccc(F)cc4)cc3)n2)cc(OC)c1OC. The predicted molar refractivity (Wildman–Crippen MR) is 136 cm³/mol. The number of nitrogens with one attached hydrogen (secondary N) is 3. The summed E-state index contributed by atoms with van der Waals surface area (Å²) in [5.41, 5.74) is 3.19. The molecule has 0 bridgehead atoms. The second-order valence-electron chi connectivity index (χ2n) is 7.49. The molecule has 3 N–H and O–H groups in total. The molecule has 36 heavy (non-hydrogen) atoms. The van der Waals surface area contributed by atoms with E-state index in [0.717, 1.165) is 5.56 Å². The average molecular weight is 490 g/mol. The lowest BCUT2D eigenvalue weighted by atomic mass is 10.1. The van der Waals surface area contributed by atoms with Gasteiger partial charge in [0.2, 0.25) is 5.75 Å². The molecule has 1 heterocycles. The van der Waals surface area contributed by atoms with Crippen molar-refractivity contribution in [2.24, 2.45) is 0 Å². The number of carbonyl (C=O) groups excluding carboxylic acids is 1. The number of aromatic nitrogens is 2. The molecule has 184 valence electrons. The Balaban J connectivity index is 1.45. The molecule has 0 spiro atoms. The van der Waals surface area contributed by atoms with Crippen LogP contribution in [0.5, 0.6) is 17.2 Å². The molecule has 10 heteroatoms. The van der Waals surface area contributed by atoms with Crippen LogP contribution in [0.4, 0.5) is 32.1 Å². The third-order valence-electron chi connectivity index (χ3n) is 5.11. The monoisotopic (exact) mass is 489 g/mol. The summed E-state index contributed by atoms with van der Waals surface area (Å²) in [6.07, 6.45) is 3.24. The van der Waals surface area contributed by atoms with Gasteiger partial charge in [0.05, 0.1) is 39.4 Å². The minimum absolute atomic E-state index is 0.373. The highest BCUT2D eigenvalue weighted by molar-refractivity contribution is 5.99. The Kier molecular flexibility index (Phi) is 7.45. The Bertz CT molecular complexity index is 1320. The summed E-state index contributed by atoms with van der Waals surface area (Å²) >= 11 is 0. The number of benzene rings is 3. The number of urea groups is 1. The highest BCUT2D eigenvalue weighted by Crippen LogP contribution is 2.40. The normalized spacial score (nSPS) is 10.3. The van der Waals surface area contributed by atoms with E-state index >= 15 is 0 Å². The van der Waals surface area contributed by atoms with Crippen molar-refractivity contribution in [3.8, 4) is 28.5 Å².